The van der Waals surface area contributed by atoms with E-state index in [0.29, 0.717) is 62.0 Å². The molecule has 3 atom stereocenters. The number of aliphatic carboxylic acids is 1. The number of nitrogens with zero attached hydrogens (tertiary/aromatic N) is 3. The zero-order valence-electron chi connectivity index (χ0n) is 37.7. The van der Waals surface area contributed by atoms with Crippen molar-refractivity contribution in [1.82, 2.24) is 20.1 Å². The minimum Gasteiger partial charge on any atom is -0.493 e. The number of carbonyl (C=O) groups excluding carboxylic acids is 4. The van der Waals surface area contributed by atoms with E-state index in [1.165, 1.54) is 39.2 Å². The molecule has 15 nitrogen and oxygen atoms in total. The van der Waals surface area contributed by atoms with E-state index >= 15 is 0 Å². The molecular formula is C53H52N4O11. The number of carbonyl (C=O) groups is 5. The Hall–Kier alpha value is -7.78. The van der Waals surface area contributed by atoms with Crippen LogP contribution < -0.4 is 14.8 Å². The maximum Gasteiger partial charge on any atom is 0.415 e. The zero-order valence-corrected chi connectivity index (χ0v) is 37.7. The van der Waals surface area contributed by atoms with Crippen molar-refractivity contribution in [2.45, 2.75) is 44.2 Å². The third kappa shape index (κ3) is 10.9. The van der Waals surface area contributed by atoms with Crippen molar-refractivity contribution < 1.29 is 52.4 Å². The van der Waals surface area contributed by atoms with E-state index in [-0.39, 0.29) is 43.4 Å². The third-order valence-corrected chi connectivity index (χ3v) is 12.3. The fourth-order valence-electron chi connectivity index (χ4n) is 8.72. The summed E-state index contributed by atoms with van der Waals surface area (Å²) in [5.41, 5.74) is 6.85. The van der Waals surface area contributed by atoms with E-state index in [9.17, 15) is 29.1 Å². The number of esters is 2. The third-order valence-electron chi connectivity index (χ3n) is 12.3. The van der Waals surface area contributed by atoms with Gasteiger partial charge < -0.3 is 43.6 Å². The van der Waals surface area contributed by atoms with Gasteiger partial charge in [-0.3, -0.25) is 14.4 Å². The quantitative estimate of drug-likeness (QED) is 0.115. The highest BCUT2D eigenvalue weighted by Crippen LogP contribution is 2.44. The Bertz CT molecular complexity index is 2680. The van der Waals surface area contributed by atoms with Gasteiger partial charge in [0.05, 0.1) is 31.9 Å². The number of nitrogens with one attached hydrogen (secondary N) is 1. The number of oxazole rings is 1. The highest BCUT2D eigenvalue weighted by molar-refractivity contribution is 5.97. The van der Waals surface area contributed by atoms with E-state index in [0.717, 1.165) is 17.0 Å². The molecule has 15 heteroatoms. The number of para-hydroxylation sites is 1. The molecule has 0 bridgehead atoms. The fourth-order valence-corrected chi connectivity index (χ4v) is 8.72. The number of methoxy groups -OCH3 is 1. The zero-order chi connectivity index (χ0) is 47.6. The summed E-state index contributed by atoms with van der Waals surface area (Å²) in [6, 6.07) is 39.6. The molecule has 9 rings (SSSR count). The maximum absolute atomic E-state index is 13.2. The largest absolute Gasteiger partial charge is 0.493 e. The van der Waals surface area contributed by atoms with E-state index < -0.39 is 30.1 Å². The molecule has 5 aromatic carbocycles. The minimum absolute atomic E-state index is 0.0551. The second-order valence-electron chi connectivity index (χ2n) is 16.6. The van der Waals surface area contributed by atoms with Gasteiger partial charge in [0.15, 0.2) is 0 Å². The summed E-state index contributed by atoms with van der Waals surface area (Å²) in [6.45, 7) is 3.17. The Kier molecular flexibility index (Phi) is 14.9. The van der Waals surface area contributed by atoms with E-state index in [1.807, 2.05) is 61.5 Å². The van der Waals surface area contributed by atoms with Crippen LogP contribution in [0.1, 0.15) is 51.7 Å². The second-order valence-corrected chi connectivity index (χ2v) is 16.6. The number of aromatic nitrogens is 1. The van der Waals surface area contributed by atoms with Crippen LogP contribution >= 0.6 is 0 Å². The lowest BCUT2D eigenvalue weighted by Gasteiger charge is -2.38. The van der Waals surface area contributed by atoms with Crippen LogP contribution in [0.4, 0.5) is 4.79 Å². The Morgan fingerprint density at radius 2 is 1.43 bits per heavy atom. The molecule has 2 aliphatic heterocycles. The maximum atomic E-state index is 13.2. The van der Waals surface area contributed by atoms with Crippen LogP contribution in [-0.2, 0) is 30.3 Å². The number of amides is 2. The van der Waals surface area contributed by atoms with E-state index in [2.05, 4.69) is 34.6 Å². The van der Waals surface area contributed by atoms with Crippen molar-refractivity contribution in [2.75, 3.05) is 46.5 Å². The summed E-state index contributed by atoms with van der Waals surface area (Å²) in [5.74, 6) is -0.196. The molecule has 2 fully saturated rings. The molecule has 350 valence electrons. The average molecular weight is 921 g/mol. The van der Waals surface area contributed by atoms with Crippen LogP contribution in [0.15, 0.2) is 138 Å². The molecular weight excluding hydrogens is 869 g/mol. The smallest absolute Gasteiger partial charge is 0.415 e. The topological polar surface area (TPSA) is 187 Å². The number of ether oxygens (including phenoxy) is 4. The summed E-state index contributed by atoms with van der Waals surface area (Å²) < 4.78 is 27.5. The summed E-state index contributed by atoms with van der Waals surface area (Å²) >= 11 is 0. The van der Waals surface area contributed by atoms with Crippen molar-refractivity contribution in [3.63, 3.8) is 0 Å². The first kappa shape index (κ1) is 46.7. The van der Waals surface area contributed by atoms with Crippen LogP contribution in [0.3, 0.4) is 0 Å². The number of carboxylic acids is 1. The number of hydrogen-bond acceptors (Lipinski definition) is 12. The Balaban J connectivity index is 0.000000200. The molecule has 2 amide bonds. The van der Waals surface area contributed by atoms with E-state index in [1.54, 1.807) is 54.6 Å². The summed E-state index contributed by atoms with van der Waals surface area (Å²) in [6.07, 6.45) is 0.973. The van der Waals surface area contributed by atoms with Gasteiger partial charge in [0.25, 0.3) is 5.91 Å². The molecule has 0 radical (unpaired) electrons. The SMILES string of the molecule is COC(=O)C1CC(C(=O)OCC2c3ccccc3-c3ccccc32)CCN1.Cc1oc(-c2ccccc2)nc1CCOc1ccc(C(=O)N2CCN(C(=O)Oc3ccccc3)CC2C(=O)O)cc1. The van der Waals surface area contributed by atoms with Crippen molar-refractivity contribution in [1.29, 1.82) is 0 Å². The van der Waals surface area contributed by atoms with E-state index in [4.69, 9.17) is 23.4 Å². The van der Waals surface area contributed by atoms with Crippen molar-refractivity contribution >= 4 is 29.9 Å². The molecule has 68 heavy (non-hydrogen) atoms. The number of benzene rings is 5. The fraction of sp³-hybridized carbons (Fsp3) is 0.283. The number of piperidine rings is 1. The molecule has 3 heterocycles. The van der Waals surface area contributed by atoms with Crippen molar-refractivity contribution in [3.05, 3.63) is 162 Å². The highest BCUT2D eigenvalue weighted by Gasteiger charge is 2.38. The number of hydrogen-bond donors (Lipinski definition) is 2. The van der Waals surface area contributed by atoms with Gasteiger partial charge in [0, 0.05) is 36.6 Å². The molecule has 2 saturated heterocycles. The molecule has 2 N–H and O–H groups in total. The van der Waals surface area contributed by atoms with Gasteiger partial charge in [0.1, 0.15) is 35.9 Å². The van der Waals surface area contributed by atoms with Gasteiger partial charge >= 0.3 is 24.0 Å². The van der Waals surface area contributed by atoms with Gasteiger partial charge in [0.2, 0.25) is 5.89 Å². The summed E-state index contributed by atoms with van der Waals surface area (Å²) in [4.78, 5) is 69.3. The molecule has 6 aromatic rings. The standard InChI is InChI=1S/C31H29N3O7.C22H23NO4/c1-21-26(32-28(40-21)22-8-4-2-5-9-22)16-19-39-24-14-12-23(13-15-24)29(35)34-18-17-33(20-27(34)30(36)37)31(38)41-25-10-6-3-7-11-25;1-26-22(25)20-12-14(10-11-23-20)21(24)27-13-19-17-8-4-2-6-15(17)16-7-3-5-9-18(16)19/h2-15,27H,16-20H2,1H3,(H,36,37);2-9,14,19-20,23H,10-13H2,1H3. The number of piperazine rings is 1. The predicted octanol–water partition coefficient (Wildman–Crippen LogP) is 7.56. The highest BCUT2D eigenvalue weighted by atomic mass is 16.6. The first-order valence-corrected chi connectivity index (χ1v) is 22.5. The number of fused-ring (bicyclic) bond motifs is 3. The Morgan fingerprint density at radius 3 is 2.09 bits per heavy atom. The molecule has 1 aliphatic carbocycles. The predicted molar refractivity (Wildman–Crippen MR) is 250 cm³/mol. The first-order chi connectivity index (χ1) is 33.1. The molecule has 3 aliphatic rings. The minimum atomic E-state index is -1.21. The Labute approximate surface area is 393 Å². The lowest BCUT2D eigenvalue weighted by molar-refractivity contribution is -0.152. The molecule has 0 spiro atoms. The normalized spacial score (nSPS) is 17.4. The van der Waals surface area contributed by atoms with Gasteiger partial charge in [-0.15, -0.1) is 0 Å². The van der Waals surface area contributed by atoms with Gasteiger partial charge in [-0.25, -0.2) is 14.6 Å². The average Bonchev–Trinajstić information content (AvgIpc) is 3.92. The number of carboxylic acid groups (broad SMARTS) is 1. The van der Waals surface area contributed by atoms with Gasteiger partial charge in [-0.05, 0) is 97.1 Å². The number of rotatable bonds is 12. The van der Waals surface area contributed by atoms with Crippen LogP contribution in [0.2, 0.25) is 0 Å². The lowest BCUT2D eigenvalue weighted by atomic mass is 9.92. The van der Waals surface area contributed by atoms with Crippen LogP contribution in [0, 0.1) is 12.8 Å². The first-order valence-electron chi connectivity index (χ1n) is 22.5. The molecule has 1 aromatic heterocycles. The number of aryl methyl sites for hydroxylation is 1. The summed E-state index contributed by atoms with van der Waals surface area (Å²) in [7, 11) is 1.36. The van der Waals surface area contributed by atoms with Crippen LogP contribution in [0.25, 0.3) is 22.6 Å². The monoisotopic (exact) mass is 920 g/mol. The Morgan fingerprint density at radius 1 is 0.779 bits per heavy atom. The van der Waals surface area contributed by atoms with Crippen molar-refractivity contribution in [2.24, 2.45) is 5.92 Å². The molecule has 0 saturated carbocycles. The summed E-state index contributed by atoms with van der Waals surface area (Å²) in [5, 5.41) is 12.9. The lowest BCUT2D eigenvalue weighted by Crippen LogP contribution is -2.59. The van der Waals surface area contributed by atoms with Gasteiger partial charge in [-0.2, -0.15) is 0 Å². The van der Waals surface area contributed by atoms with Gasteiger partial charge in [-0.1, -0.05) is 84.9 Å². The van der Waals surface area contributed by atoms with Crippen LogP contribution in [0.5, 0.6) is 11.5 Å². The second kappa shape index (κ2) is 21.7. The van der Waals surface area contributed by atoms with Crippen molar-refractivity contribution in [3.8, 4) is 34.1 Å². The van der Waals surface area contributed by atoms with Crippen LogP contribution in [-0.4, -0.2) is 108 Å². The molecule has 3 unspecified atom stereocenters.